The lowest BCUT2D eigenvalue weighted by Crippen LogP contribution is -2.41. The van der Waals surface area contributed by atoms with E-state index in [2.05, 4.69) is 17.2 Å². The van der Waals surface area contributed by atoms with Crippen molar-refractivity contribution in [2.45, 2.75) is 51.1 Å². The van der Waals surface area contributed by atoms with Gasteiger partial charge < -0.3 is 20.6 Å². The Morgan fingerprint density at radius 1 is 1.36 bits per heavy atom. The number of aromatic hydroxyl groups is 1. The van der Waals surface area contributed by atoms with Crippen molar-refractivity contribution in [2.24, 2.45) is 11.7 Å². The first-order valence-electron chi connectivity index (χ1n) is 8.82. The van der Waals surface area contributed by atoms with E-state index in [1.54, 1.807) is 24.3 Å². The van der Waals surface area contributed by atoms with E-state index < -0.39 is 6.04 Å². The summed E-state index contributed by atoms with van der Waals surface area (Å²) < 4.78 is 5.41. The highest BCUT2D eigenvalue weighted by Gasteiger charge is 2.25. The average Bonchev–Trinajstić information content (AvgIpc) is 3.09. The molecule has 3 atom stereocenters. The van der Waals surface area contributed by atoms with Crippen LogP contribution in [0.5, 0.6) is 5.75 Å². The number of amides is 1. The third-order valence-corrected chi connectivity index (χ3v) is 4.89. The molecule has 0 radical (unpaired) electrons. The Balaban J connectivity index is 1.60. The molecular weight excluding hydrogens is 318 g/mol. The van der Waals surface area contributed by atoms with Crippen LogP contribution in [0.15, 0.2) is 34.9 Å². The molecular formula is C19H25N3O3. The van der Waals surface area contributed by atoms with Crippen LogP contribution >= 0.6 is 0 Å². The number of hydrogen-bond donors (Lipinski definition) is 3. The van der Waals surface area contributed by atoms with E-state index >= 15 is 0 Å². The van der Waals surface area contributed by atoms with Crippen LogP contribution in [0.1, 0.15) is 60.6 Å². The van der Waals surface area contributed by atoms with Crippen LogP contribution in [0, 0.1) is 5.92 Å². The van der Waals surface area contributed by atoms with Gasteiger partial charge in [-0.1, -0.05) is 31.9 Å². The first-order valence-corrected chi connectivity index (χ1v) is 8.82. The minimum atomic E-state index is -0.445. The Hall–Kier alpha value is -2.34. The number of phenols is 1. The lowest BCUT2D eigenvalue weighted by molar-refractivity contribution is 0.0905. The number of hydrogen-bond acceptors (Lipinski definition) is 5. The Morgan fingerprint density at radius 3 is 2.80 bits per heavy atom. The molecule has 0 aliphatic heterocycles. The van der Waals surface area contributed by atoms with Gasteiger partial charge in [-0.15, -0.1) is 0 Å². The summed E-state index contributed by atoms with van der Waals surface area (Å²) in [5, 5.41) is 12.4. The normalized spacial score (nSPS) is 21.7. The van der Waals surface area contributed by atoms with Gasteiger partial charge in [-0.2, -0.15) is 0 Å². The van der Waals surface area contributed by atoms with Crippen molar-refractivity contribution in [2.75, 3.05) is 0 Å². The number of aromatic nitrogens is 1. The van der Waals surface area contributed by atoms with Gasteiger partial charge in [0.1, 0.15) is 12.0 Å². The molecule has 6 heteroatoms. The van der Waals surface area contributed by atoms with Crippen LogP contribution in [0.2, 0.25) is 0 Å². The third kappa shape index (κ3) is 4.39. The molecule has 1 aromatic carbocycles. The average molecular weight is 343 g/mol. The molecule has 4 N–H and O–H groups in total. The van der Waals surface area contributed by atoms with Crippen LogP contribution in [0.4, 0.5) is 0 Å². The van der Waals surface area contributed by atoms with Crippen molar-refractivity contribution < 1.29 is 14.3 Å². The summed E-state index contributed by atoms with van der Waals surface area (Å²) in [5.74, 6) is 0.839. The van der Waals surface area contributed by atoms with Gasteiger partial charge in [0.25, 0.3) is 5.91 Å². The predicted octanol–water partition coefficient (Wildman–Crippen LogP) is 2.93. The first-order chi connectivity index (χ1) is 12.0. The van der Waals surface area contributed by atoms with Crippen molar-refractivity contribution in [3.63, 3.8) is 0 Å². The minimum Gasteiger partial charge on any atom is -0.508 e. The molecule has 0 spiro atoms. The highest BCUT2D eigenvalue weighted by atomic mass is 16.3. The zero-order valence-electron chi connectivity index (χ0n) is 14.4. The summed E-state index contributed by atoms with van der Waals surface area (Å²) in [5.41, 5.74) is 7.37. The molecule has 1 aromatic heterocycles. The Morgan fingerprint density at radius 2 is 2.08 bits per heavy atom. The molecule has 134 valence electrons. The molecule has 0 bridgehead atoms. The fourth-order valence-corrected chi connectivity index (χ4v) is 3.31. The van der Waals surface area contributed by atoms with Crippen molar-refractivity contribution in [1.29, 1.82) is 0 Å². The van der Waals surface area contributed by atoms with Crippen LogP contribution in [0.3, 0.4) is 0 Å². The first kappa shape index (κ1) is 17.5. The number of benzene rings is 1. The summed E-state index contributed by atoms with van der Waals surface area (Å²) >= 11 is 0. The second-order valence-corrected chi connectivity index (χ2v) is 6.89. The molecule has 1 aliphatic carbocycles. The molecule has 2 aromatic rings. The van der Waals surface area contributed by atoms with Crippen LogP contribution in [-0.4, -0.2) is 22.0 Å². The molecule has 0 saturated heterocycles. The Bertz CT molecular complexity index is 711. The van der Waals surface area contributed by atoms with Gasteiger partial charge in [0.05, 0.1) is 6.04 Å². The van der Waals surface area contributed by atoms with Crippen molar-refractivity contribution in [3.8, 4) is 5.75 Å². The van der Waals surface area contributed by atoms with Crippen molar-refractivity contribution in [1.82, 2.24) is 10.3 Å². The van der Waals surface area contributed by atoms with Crippen LogP contribution < -0.4 is 11.1 Å². The highest BCUT2D eigenvalue weighted by molar-refractivity contribution is 5.92. The number of oxazole rings is 1. The standard InChI is InChI=1S/C19H25N3O3/c1-12-4-2-3-5-16(12)21-18(24)17-11-25-19(22-17)15(20)10-13-6-8-14(23)9-7-13/h6-9,11-12,15-16,23H,2-5,10,20H2,1H3,(H,21,24). The van der Waals surface area contributed by atoms with Gasteiger partial charge >= 0.3 is 0 Å². The summed E-state index contributed by atoms with van der Waals surface area (Å²) in [7, 11) is 0. The monoisotopic (exact) mass is 343 g/mol. The number of nitrogens with one attached hydrogen (secondary N) is 1. The van der Waals surface area contributed by atoms with Gasteiger partial charge in [-0.25, -0.2) is 4.98 Å². The zero-order chi connectivity index (χ0) is 17.8. The molecule has 1 fully saturated rings. The molecule has 3 rings (SSSR count). The molecule has 1 aliphatic rings. The SMILES string of the molecule is CC1CCCCC1NC(=O)c1coc(C(N)Cc2ccc(O)cc2)n1. The summed E-state index contributed by atoms with van der Waals surface area (Å²) in [6, 6.07) is 6.59. The molecule has 1 amide bonds. The number of nitrogens with zero attached hydrogens (tertiary/aromatic N) is 1. The van der Waals surface area contributed by atoms with Crippen LogP contribution in [0.25, 0.3) is 0 Å². The number of nitrogens with two attached hydrogens (primary N) is 1. The molecule has 1 saturated carbocycles. The van der Waals surface area contributed by atoms with E-state index in [0.29, 0.717) is 18.2 Å². The minimum absolute atomic E-state index is 0.201. The van der Waals surface area contributed by atoms with Gasteiger partial charge in [0, 0.05) is 6.04 Å². The second kappa shape index (κ2) is 7.70. The maximum atomic E-state index is 12.4. The maximum absolute atomic E-state index is 12.4. The van der Waals surface area contributed by atoms with Gasteiger partial charge in [0.15, 0.2) is 5.69 Å². The largest absolute Gasteiger partial charge is 0.508 e. The van der Waals surface area contributed by atoms with E-state index in [-0.39, 0.29) is 23.4 Å². The van der Waals surface area contributed by atoms with E-state index in [0.717, 1.165) is 24.8 Å². The second-order valence-electron chi connectivity index (χ2n) is 6.89. The lowest BCUT2D eigenvalue weighted by Gasteiger charge is -2.29. The quantitative estimate of drug-likeness (QED) is 0.775. The van der Waals surface area contributed by atoms with Gasteiger partial charge in [-0.3, -0.25) is 4.79 Å². The molecule has 6 nitrogen and oxygen atoms in total. The number of carbonyl (C=O) groups is 1. The van der Waals surface area contributed by atoms with E-state index in [4.69, 9.17) is 10.2 Å². The highest BCUT2D eigenvalue weighted by Crippen LogP contribution is 2.24. The van der Waals surface area contributed by atoms with Crippen LogP contribution in [-0.2, 0) is 6.42 Å². The number of carbonyl (C=O) groups excluding carboxylic acids is 1. The lowest BCUT2D eigenvalue weighted by atomic mass is 9.86. The molecule has 25 heavy (non-hydrogen) atoms. The third-order valence-electron chi connectivity index (χ3n) is 4.89. The topological polar surface area (TPSA) is 101 Å². The zero-order valence-corrected chi connectivity index (χ0v) is 14.4. The molecule has 1 heterocycles. The number of rotatable bonds is 5. The van der Waals surface area contributed by atoms with Crippen molar-refractivity contribution in [3.05, 3.63) is 47.7 Å². The summed E-state index contributed by atoms with van der Waals surface area (Å²) in [4.78, 5) is 16.6. The van der Waals surface area contributed by atoms with E-state index in [1.807, 2.05) is 0 Å². The number of phenolic OH excluding ortho intramolecular Hbond substituents is 1. The Kier molecular flexibility index (Phi) is 5.38. The predicted molar refractivity (Wildman–Crippen MR) is 94.1 cm³/mol. The fourth-order valence-electron chi connectivity index (χ4n) is 3.31. The molecule has 3 unspecified atom stereocenters. The van der Waals surface area contributed by atoms with Gasteiger partial charge in [-0.05, 0) is 42.9 Å². The van der Waals surface area contributed by atoms with Crippen molar-refractivity contribution >= 4 is 5.91 Å². The van der Waals surface area contributed by atoms with Gasteiger partial charge in [0.2, 0.25) is 5.89 Å². The maximum Gasteiger partial charge on any atom is 0.273 e. The summed E-state index contributed by atoms with van der Waals surface area (Å²) in [6.45, 7) is 2.17. The van der Waals surface area contributed by atoms with E-state index in [1.165, 1.54) is 12.7 Å². The van der Waals surface area contributed by atoms with E-state index in [9.17, 15) is 9.90 Å². The Labute approximate surface area is 147 Å². The summed E-state index contributed by atoms with van der Waals surface area (Å²) in [6.07, 6.45) is 6.42. The fraction of sp³-hybridized carbons (Fsp3) is 0.474. The smallest absolute Gasteiger partial charge is 0.273 e.